The standard InChI is InChI=1S/C38H75O10P/c1-3-5-7-9-11-13-15-17-19-21-23-25-27-29-35(42)38(37(44)32-40,48-49(45,46)47-33-34(41)31-39)36(43)30-28-26-24-22-20-18-16-14-12-10-8-6-4-2/h34,37,39-41,44H,3-33H2,1-2H3,(H,45,46). The molecule has 5 N–H and O–H groups in total. The van der Waals surface area contributed by atoms with E-state index >= 15 is 0 Å². The van der Waals surface area contributed by atoms with Gasteiger partial charge in [0.15, 0.2) is 11.6 Å². The number of unbranched alkanes of at least 4 members (excludes halogenated alkanes) is 24. The zero-order valence-corrected chi connectivity index (χ0v) is 32.2. The van der Waals surface area contributed by atoms with Crippen LogP contribution in [0.15, 0.2) is 0 Å². The SMILES string of the molecule is CCCCCCCCCCCCCCCC(=O)C(OP(=O)(O)OCC(O)CO)(C(=O)CCCCCCCCCCCCCCC)C(O)CO. The van der Waals surface area contributed by atoms with Crippen LogP contribution in [0.5, 0.6) is 0 Å². The molecule has 0 saturated carbocycles. The summed E-state index contributed by atoms with van der Waals surface area (Å²) in [4.78, 5) is 37.7. The second kappa shape index (κ2) is 32.0. The number of carbonyl (C=O) groups is 2. The van der Waals surface area contributed by atoms with Gasteiger partial charge in [0.1, 0.15) is 12.2 Å². The normalized spacial score (nSPS) is 14.5. The van der Waals surface area contributed by atoms with E-state index in [2.05, 4.69) is 13.8 Å². The van der Waals surface area contributed by atoms with Crippen molar-refractivity contribution in [1.82, 2.24) is 0 Å². The lowest BCUT2D eigenvalue weighted by Crippen LogP contribution is -2.58. The summed E-state index contributed by atoms with van der Waals surface area (Å²) in [7, 11) is -5.18. The van der Waals surface area contributed by atoms with Crippen molar-refractivity contribution < 1.29 is 48.5 Å². The molecule has 3 atom stereocenters. The van der Waals surface area contributed by atoms with Gasteiger partial charge in [0.25, 0.3) is 0 Å². The molecule has 0 aliphatic rings. The van der Waals surface area contributed by atoms with Crippen molar-refractivity contribution in [1.29, 1.82) is 0 Å². The highest BCUT2D eigenvalue weighted by Gasteiger charge is 2.55. The monoisotopic (exact) mass is 723 g/mol. The number of hydrogen-bond acceptors (Lipinski definition) is 9. The summed E-state index contributed by atoms with van der Waals surface area (Å²) in [6.45, 7) is 1.85. The predicted molar refractivity (Wildman–Crippen MR) is 196 cm³/mol. The Morgan fingerprint density at radius 2 is 0.857 bits per heavy atom. The van der Waals surface area contributed by atoms with E-state index < -0.39 is 57.0 Å². The van der Waals surface area contributed by atoms with E-state index in [-0.39, 0.29) is 12.8 Å². The largest absolute Gasteiger partial charge is 0.473 e. The third-order valence-electron chi connectivity index (χ3n) is 9.39. The van der Waals surface area contributed by atoms with Gasteiger partial charge in [-0.2, -0.15) is 0 Å². The van der Waals surface area contributed by atoms with Gasteiger partial charge in [0.05, 0.1) is 19.8 Å². The Morgan fingerprint density at radius 1 is 0.551 bits per heavy atom. The third-order valence-corrected chi connectivity index (χ3v) is 10.4. The van der Waals surface area contributed by atoms with Crippen LogP contribution >= 0.6 is 7.82 Å². The minimum Gasteiger partial charge on any atom is -0.394 e. The van der Waals surface area contributed by atoms with Crippen molar-refractivity contribution in [2.24, 2.45) is 0 Å². The third kappa shape index (κ3) is 24.2. The fourth-order valence-electron chi connectivity index (χ4n) is 6.24. The van der Waals surface area contributed by atoms with Crippen LogP contribution in [-0.4, -0.2) is 74.5 Å². The van der Waals surface area contributed by atoms with Gasteiger partial charge in [0, 0.05) is 12.8 Å². The van der Waals surface area contributed by atoms with Crippen LogP contribution in [0.1, 0.15) is 194 Å². The van der Waals surface area contributed by atoms with E-state index in [1.807, 2.05) is 0 Å². The number of carbonyl (C=O) groups excluding carboxylic acids is 2. The second-order valence-electron chi connectivity index (χ2n) is 14.0. The first kappa shape index (κ1) is 48.3. The van der Waals surface area contributed by atoms with Crippen molar-refractivity contribution >= 4 is 19.4 Å². The molecule has 0 rings (SSSR count). The predicted octanol–water partition coefficient (Wildman–Crippen LogP) is 8.67. The fourth-order valence-corrected chi connectivity index (χ4v) is 7.34. The van der Waals surface area contributed by atoms with Crippen LogP contribution in [0.25, 0.3) is 0 Å². The van der Waals surface area contributed by atoms with Crippen LogP contribution in [0, 0.1) is 0 Å². The van der Waals surface area contributed by atoms with E-state index in [4.69, 9.17) is 14.2 Å². The average Bonchev–Trinajstić information content (AvgIpc) is 3.09. The summed E-state index contributed by atoms with van der Waals surface area (Å²) >= 11 is 0. The summed E-state index contributed by atoms with van der Waals surface area (Å²) in [6.07, 6.45) is 24.6. The van der Waals surface area contributed by atoms with Gasteiger partial charge in [-0.25, -0.2) is 4.57 Å². The van der Waals surface area contributed by atoms with E-state index in [1.54, 1.807) is 0 Å². The summed E-state index contributed by atoms with van der Waals surface area (Å²) in [5.41, 5.74) is -2.78. The van der Waals surface area contributed by atoms with Crippen LogP contribution in [0.3, 0.4) is 0 Å². The number of ketones is 2. The first-order valence-corrected chi connectivity index (χ1v) is 21.4. The molecule has 0 spiro atoms. The number of hydrogen-bond donors (Lipinski definition) is 5. The molecule has 0 aromatic carbocycles. The zero-order chi connectivity index (χ0) is 36.6. The maximum atomic E-state index is 13.6. The molecule has 0 radical (unpaired) electrons. The highest BCUT2D eigenvalue weighted by Crippen LogP contribution is 2.49. The molecule has 0 aromatic rings. The molecule has 292 valence electrons. The Balaban J connectivity index is 5.00. The number of aliphatic hydroxyl groups is 4. The van der Waals surface area contributed by atoms with Crippen molar-refractivity contribution in [2.75, 3.05) is 19.8 Å². The molecule has 10 nitrogen and oxygen atoms in total. The van der Waals surface area contributed by atoms with E-state index in [1.165, 1.54) is 103 Å². The van der Waals surface area contributed by atoms with Gasteiger partial charge in [-0.15, -0.1) is 0 Å². The van der Waals surface area contributed by atoms with E-state index in [0.717, 1.165) is 38.5 Å². The lowest BCUT2D eigenvalue weighted by molar-refractivity contribution is -0.165. The first-order chi connectivity index (χ1) is 23.6. The highest BCUT2D eigenvalue weighted by molar-refractivity contribution is 7.47. The van der Waals surface area contributed by atoms with E-state index in [0.29, 0.717) is 25.7 Å². The smallest absolute Gasteiger partial charge is 0.394 e. The zero-order valence-electron chi connectivity index (χ0n) is 31.3. The molecule has 49 heavy (non-hydrogen) atoms. The lowest BCUT2D eigenvalue weighted by Gasteiger charge is -2.35. The lowest BCUT2D eigenvalue weighted by atomic mass is 9.82. The molecule has 0 amide bonds. The number of rotatable bonds is 38. The van der Waals surface area contributed by atoms with E-state index in [9.17, 15) is 34.4 Å². The summed E-state index contributed by atoms with van der Waals surface area (Å²) in [6, 6.07) is 0. The van der Waals surface area contributed by atoms with Crippen molar-refractivity contribution in [3.05, 3.63) is 0 Å². The van der Waals surface area contributed by atoms with Gasteiger partial charge in [-0.1, -0.05) is 168 Å². The maximum Gasteiger partial charge on any atom is 0.473 e. The second-order valence-corrected chi connectivity index (χ2v) is 15.3. The minimum atomic E-state index is -5.18. The van der Waals surface area contributed by atoms with Gasteiger partial charge >= 0.3 is 7.82 Å². The van der Waals surface area contributed by atoms with Crippen LogP contribution in [0.2, 0.25) is 0 Å². The van der Waals surface area contributed by atoms with Crippen molar-refractivity contribution in [3.8, 4) is 0 Å². The number of aliphatic hydroxyl groups excluding tert-OH is 4. The topological polar surface area (TPSA) is 171 Å². The molecular formula is C38H75O10P. The Bertz CT molecular complexity index is 797. The molecule has 0 fully saturated rings. The van der Waals surface area contributed by atoms with Crippen molar-refractivity contribution in [3.63, 3.8) is 0 Å². The number of phosphoric acid groups is 1. The molecule has 3 unspecified atom stereocenters. The molecule has 0 aliphatic heterocycles. The molecule has 0 aromatic heterocycles. The molecule has 0 saturated heterocycles. The van der Waals surface area contributed by atoms with Crippen LogP contribution in [0.4, 0.5) is 0 Å². The van der Waals surface area contributed by atoms with Crippen molar-refractivity contribution in [2.45, 2.75) is 211 Å². The fraction of sp³-hybridized carbons (Fsp3) is 0.947. The highest BCUT2D eigenvalue weighted by atomic mass is 31.2. The quantitative estimate of drug-likeness (QED) is 0.0236. The summed E-state index contributed by atoms with van der Waals surface area (Å²) < 4.78 is 22.8. The summed E-state index contributed by atoms with van der Waals surface area (Å²) in [5.74, 6) is -1.75. The Labute approximate surface area is 298 Å². The van der Waals surface area contributed by atoms with Gasteiger partial charge in [-0.05, 0) is 12.8 Å². The van der Waals surface area contributed by atoms with Gasteiger partial charge in [0.2, 0.25) is 5.60 Å². The molecular weight excluding hydrogens is 647 g/mol. The first-order valence-electron chi connectivity index (χ1n) is 19.9. The number of phosphoric ester groups is 1. The molecule has 0 heterocycles. The molecule has 11 heteroatoms. The van der Waals surface area contributed by atoms with Gasteiger partial charge < -0.3 is 25.3 Å². The Kier molecular flexibility index (Phi) is 31.5. The summed E-state index contributed by atoms with van der Waals surface area (Å²) in [5, 5.41) is 39.3. The van der Waals surface area contributed by atoms with Crippen LogP contribution in [-0.2, 0) is 23.2 Å². The Hall–Kier alpha value is -0.710. The van der Waals surface area contributed by atoms with Gasteiger partial charge in [-0.3, -0.25) is 18.6 Å². The average molecular weight is 723 g/mol. The maximum absolute atomic E-state index is 13.6. The number of Topliss-reactive ketones (excluding diaryl/α,β-unsaturated/α-hetero) is 2. The molecule has 0 aliphatic carbocycles. The minimum absolute atomic E-state index is 0.182. The Morgan fingerprint density at radius 3 is 1.14 bits per heavy atom. The molecule has 0 bridgehead atoms. The van der Waals surface area contributed by atoms with Crippen LogP contribution < -0.4 is 0 Å².